The van der Waals surface area contributed by atoms with Crippen LogP contribution in [0.3, 0.4) is 0 Å². The molecule has 3 nitrogen and oxygen atoms in total. The van der Waals surface area contributed by atoms with E-state index in [1.165, 1.54) is 5.56 Å². The maximum atomic E-state index is 12.8. The topological polar surface area (TPSA) is 35.1 Å². The normalized spacial score (nSPS) is 28.0. The van der Waals surface area contributed by atoms with E-state index in [1.807, 2.05) is 55.5 Å². The van der Waals surface area contributed by atoms with Crippen LogP contribution in [0.1, 0.15) is 12.5 Å². The largest absolute Gasteiger partial charge is 0.627 e. The zero-order valence-electron chi connectivity index (χ0n) is 12.3. The number of quaternary nitrogens is 1. The lowest BCUT2D eigenvalue weighted by Crippen LogP contribution is -2.73. The van der Waals surface area contributed by atoms with Gasteiger partial charge in [-0.3, -0.25) is 0 Å². The van der Waals surface area contributed by atoms with Gasteiger partial charge < -0.3 is 15.2 Å². The van der Waals surface area contributed by atoms with E-state index in [1.54, 1.807) is 0 Å². The molecule has 3 rings (SSSR count). The highest BCUT2D eigenvalue weighted by atomic mass is 35.5. The Morgan fingerprint density at radius 1 is 1.05 bits per heavy atom. The smallest absolute Gasteiger partial charge is 0.135 e. The van der Waals surface area contributed by atoms with Gasteiger partial charge in [0.25, 0.3) is 0 Å². The molecule has 21 heavy (non-hydrogen) atoms. The van der Waals surface area contributed by atoms with Gasteiger partial charge in [-0.1, -0.05) is 29.3 Å². The van der Waals surface area contributed by atoms with Crippen LogP contribution in [0.4, 0.5) is 11.4 Å². The van der Waals surface area contributed by atoms with Gasteiger partial charge in [0.15, 0.2) is 0 Å². The molecule has 0 aliphatic carbocycles. The van der Waals surface area contributed by atoms with Crippen molar-refractivity contribution in [2.45, 2.75) is 19.4 Å². The van der Waals surface area contributed by atoms with Crippen LogP contribution < -0.4 is 9.96 Å². The van der Waals surface area contributed by atoms with Gasteiger partial charge in [0.2, 0.25) is 0 Å². The Kier molecular flexibility index (Phi) is 3.44. The minimum Gasteiger partial charge on any atom is -0.627 e. The SMILES string of the molecule is Cc1ccc([N+]2([O-])CC(C)(Nc3ccc(Cl)cc3)C2)cc1. The molecule has 2 aromatic carbocycles. The molecule has 0 bridgehead atoms. The van der Waals surface area contributed by atoms with Gasteiger partial charge in [-0.2, -0.15) is 0 Å². The lowest BCUT2D eigenvalue weighted by molar-refractivity contribution is 0.160. The third kappa shape index (κ3) is 2.91. The van der Waals surface area contributed by atoms with Gasteiger partial charge in [-0.25, -0.2) is 0 Å². The van der Waals surface area contributed by atoms with Crippen molar-refractivity contribution >= 4 is 23.0 Å². The monoisotopic (exact) mass is 302 g/mol. The zero-order valence-corrected chi connectivity index (χ0v) is 13.0. The molecule has 1 N–H and O–H groups in total. The minimum absolute atomic E-state index is 0.180. The first kappa shape index (κ1) is 14.4. The van der Waals surface area contributed by atoms with E-state index in [0.29, 0.717) is 18.1 Å². The van der Waals surface area contributed by atoms with Crippen molar-refractivity contribution in [2.75, 3.05) is 18.4 Å². The summed E-state index contributed by atoms with van der Waals surface area (Å²) in [6.07, 6.45) is 0. The molecule has 0 radical (unpaired) electrons. The van der Waals surface area contributed by atoms with E-state index in [0.717, 1.165) is 11.4 Å². The van der Waals surface area contributed by atoms with Crippen LogP contribution in [0.15, 0.2) is 48.5 Å². The summed E-state index contributed by atoms with van der Waals surface area (Å²) in [4.78, 5) is 0. The number of nitrogens with one attached hydrogen (secondary N) is 1. The lowest BCUT2D eigenvalue weighted by atomic mass is 9.90. The third-order valence-electron chi connectivity index (χ3n) is 4.00. The number of anilines is 1. The number of rotatable bonds is 3. The number of nitrogens with zero attached hydrogens (tertiary/aromatic N) is 1. The highest BCUT2D eigenvalue weighted by Crippen LogP contribution is 2.37. The highest BCUT2D eigenvalue weighted by Gasteiger charge is 2.49. The Morgan fingerprint density at radius 2 is 1.62 bits per heavy atom. The summed E-state index contributed by atoms with van der Waals surface area (Å²) in [6.45, 7) is 5.17. The average Bonchev–Trinajstić information content (AvgIpc) is 2.40. The first-order chi connectivity index (χ1) is 9.89. The molecule has 0 spiro atoms. The Labute approximate surface area is 130 Å². The second-order valence-corrected chi connectivity index (χ2v) is 6.67. The summed E-state index contributed by atoms with van der Waals surface area (Å²) < 4.78 is -0.266. The molecule has 0 atom stereocenters. The van der Waals surface area contributed by atoms with Crippen molar-refractivity contribution < 1.29 is 0 Å². The summed E-state index contributed by atoms with van der Waals surface area (Å²) >= 11 is 5.89. The predicted octanol–water partition coefficient (Wildman–Crippen LogP) is 4.34. The zero-order chi connectivity index (χ0) is 15.1. The third-order valence-corrected chi connectivity index (χ3v) is 4.26. The van der Waals surface area contributed by atoms with E-state index in [2.05, 4.69) is 12.2 Å². The molecule has 0 unspecified atom stereocenters. The molecule has 4 heteroatoms. The second-order valence-electron chi connectivity index (χ2n) is 6.23. The van der Waals surface area contributed by atoms with Crippen LogP contribution in [0, 0.1) is 12.1 Å². The van der Waals surface area contributed by atoms with E-state index in [4.69, 9.17) is 11.6 Å². The van der Waals surface area contributed by atoms with Gasteiger partial charge >= 0.3 is 0 Å². The molecule has 1 aliphatic heterocycles. The van der Waals surface area contributed by atoms with Crippen molar-refractivity contribution in [1.29, 1.82) is 0 Å². The first-order valence-corrected chi connectivity index (χ1v) is 7.46. The van der Waals surface area contributed by atoms with Crippen LogP contribution in [0.25, 0.3) is 0 Å². The fourth-order valence-electron chi connectivity index (χ4n) is 3.04. The minimum atomic E-state index is -0.266. The number of hydroxylamine groups is 2. The van der Waals surface area contributed by atoms with E-state index >= 15 is 0 Å². The van der Waals surface area contributed by atoms with Crippen LogP contribution in [-0.4, -0.2) is 18.6 Å². The Morgan fingerprint density at radius 3 is 2.19 bits per heavy atom. The van der Waals surface area contributed by atoms with Gasteiger partial charge in [-0.05, 0) is 50.2 Å². The van der Waals surface area contributed by atoms with Crippen LogP contribution >= 0.6 is 11.6 Å². The Balaban J connectivity index is 1.70. The molecule has 0 saturated carbocycles. The fraction of sp³-hybridized carbons (Fsp3) is 0.294. The van der Waals surface area contributed by atoms with Gasteiger partial charge in [0.1, 0.15) is 24.3 Å². The number of halogens is 1. The fourth-order valence-corrected chi connectivity index (χ4v) is 3.17. The van der Waals surface area contributed by atoms with Crippen molar-refractivity contribution in [2.24, 2.45) is 0 Å². The number of aryl methyl sites for hydroxylation is 1. The first-order valence-electron chi connectivity index (χ1n) is 7.08. The molecule has 0 amide bonds. The standard InChI is InChI=1S/C17H19ClN2O/c1-13-3-9-16(10-4-13)20(21)11-17(2,12-20)19-15-7-5-14(18)6-8-15/h3-10,19H,11-12H2,1-2H3. The summed E-state index contributed by atoms with van der Waals surface area (Å²) in [5, 5.41) is 17.0. The summed E-state index contributed by atoms with van der Waals surface area (Å²) in [5.74, 6) is 0. The quantitative estimate of drug-likeness (QED) is 0.676. The second kappa shape index (κ2) is 5.02. The maximum Gasteiger partial charge on any atom is 0.135 e. The lowest BCUT2D eigenvalue weighted by Gasteiger charge is -2.59. The number of benzene rings is 2. The van der Waals surface area contributed by atoms with E-state index in [-0.39, 0.29) is 10.2 Å². The average molecular weight is 303 g/mol. The van der Waals surface area contributed by atoms with Crippen molar-refractivity contribution in [1.82, 2.24) is 4.65 Å². The summed E-state index contributed by atoms with van der Waals surface area (Å²) in [7, 11) is 0. The molecule has 1 saturated heterocycles. The van der Waals surface area contributed by atoms with Crippen LogP contribution in [0.2, 0.25) is 5.02 Å². The van der Waals surface area contributed by atoms with Gasteiger partial charge in [0, 0.05) is 10.7 Å². The predicted molar refractivity (Wildman–Crippen MR) is 89.6 cm³/mol. The van der Waals surface area contributed by atoms with Gasteiger partial charge in [0.05, 0.1) is 0 Å². The summed E-state index contributed by atoms with van der Waals surface area (Å²) in [5.41, 5.74) is 2.82. The van der Waals surface area contributed by atoms with Crippen molar-refractivity contribution in [3.8, 4) is 0 Å². The summed E-state index contributed by atoms with van der Waals surface area (Å²) in [6, 6.07) is 15.4. The van der Waals surface area contributed by atoms with E-state index in [9.17, 15) is 5.21 Å². The van der Waals surface area contributed by atoms with Crippen LogP contribution in [0.5, 0.6) is 0 Å². The Hall–Kier alpha value is -1.55. The molecule has 110 valence electrons. The molecular weight excluding hydrogens is 284 g/mol. The maximum absolute atomic E-state index is 12.8. The molecule has 0 aromatic heterocycles. The Bertz CT molecular complexity index is 631. The van der Waals surface area contributed by atoms with Crippen LogP contribution in [-0.2, 0) is 0 Å². The van der Waals surface area contributed by atoms with Gasteiger partial charge in [-0.15, -0.1) is 0 Å². The molecule has 1 aliphatic rings. The number of hydrogen-bond donors (Lipinski definition) is 1. The van der Waals surface area contributed by atoms with Crippen molar-refractivity contribution in [3.05, 3.63) is 64.3 Å². The molecule has 2 aromatic rings. The number of hydrogen-bond acceptors (Lipinski definition) is 2. The molecule has 1 heterocycles. The van der Waals surface area contributed by atoms with Crippen molar-refractivity contribution in [3.63, 3.8) is 0 Å². The van der Waals surface area contributed by atoms with E-state index < -0.39 is 0 Å². The molecular formula is C17H19ClN2O. The molecule has 1 fully saturated rings. The highest BCUT2D eigenvalue weighted by molar-refractivity contribution is 6.30.